The second-order valence-corrected chi connectivity index (χ2v) is 6.10. The van der Waals surface area contributed by atoms with Crippen LogP contribution in [0, 0.1) is 3.57 Å². The number of nitrogens with two attached hydrogens (primary N) is 1. The number of anilines is 1. The molecule has 0 aromatic carbocycles. The van der Waals surface area contributed by atoms with Crippen LogP contribution >= 0.6 is 34.2 Å². The minimum absolute atomic E-state index is 0.261. The van der Waals surface area contributed by atoms with E-state index >= 15 is 0 Å². The van der Waals surface area contributed by atoms with E-state index in [0.29, 0.717) is 14.6 Å². The Hall–Kier alpha value is -0.720. The monoisotopic (exact) mass is 426 g/mol. The van der Waals surface area contributed by atoms with Gasteiger partial charge in [-0.25, -0.2) is 9.97 Å². The third-order valence-electron chi connectivity index (χ3n) is 3.47. The minimum atomic E-state index is -1.25. The van der Waals surface area contributed by atoms with Crippen LogP contribution in [0.5, 0.6) is 0 Å². The van der Waals surface area contributed by atoms with Gasteiger partial charge in [-0.3, -0.25) is 4.57 Å². The highest BCUT2D eigenvalue weighted by Gasteiger charge is 2.45. The molecule has 114 valence electrons. The van der Waals surface area contributed by atoms with Crippen molar-refractivity contribution in [2.45, 2.75) is 24.5 Å². The van der Waals surface area contributed by atoms with E-state index in [4.69, 9.17) is 27.2 Å². The summed E-state index contributed by atoms with van der Waals surface area (Å²) < 4.78 is 7.56. The van der Waals surface area contributed by atoms with E-state index in [-0.39, 0.29) is 11.0 Å². The largest absolute Gasteiger partial charge is 0.394 e. The van der Waals surface area contributed by atoms with Gasteiger partial charge in [-0.2, -0.15) is 0 Å². The van der Waals surface area contributed by atoms with Crippen molar-refractivity contribution in [1.29, 1.82) is 0 Å². The number of fused-ring (bicyclic) bond motifs is 1. The van der Waals surface area contributed by atoms with Crippen LogP contribution in [0.3, 0.4) is 0 Å². The summed E-state index contributed by atoms with van der Waals surface area (Å²) in [7, 11) is 0. The van der Waals surface area contributed by atoms with Crippen molar-refractivity contribution in [2.24, 2.45) is 0 Å². The van der Waals surface area contributed by atoms with Crippen molar-refractivity contribution in [3.8, 4) is 0 Å². The summed E-state index contributed by atoms with van der Waals surface area (Å²) in [4.78, 5) is 8.04. The molecule has 1 aliphatic heterocycles. The first-order valence-corrected chi connectivity index (χ1v) is 7.50. The zero-order valence-electron chi connectivity index (χ0n) is 10.5. The van der Waals surface area contributed by atoms with Crippen LogP contribution in [0.2, 0.25) is 5.15 Å². The van der Waals surface area contributed by atoms with Crippen LogP contribution in [-0.2, 0) is 4.74 Å². The number of nitrogen functional groups attached to an aromatic ring is 1. The maximum Gasteiger partial charge on any atom is 0.165 e. The van der Waals surface area contributed by atoms with E-state index in [0.717, 1.165) is 0 Å². The number of aliphatic hydroxyl groups excluding tert-OH is 3. The molecule has 2 aromatic heterocycles. The highest BCUT2D eigenvalue weighted by molar-refractivity contribution is 14.1. The molecule has 21 heavy (non-hydrogen) atoms. The van der Waals surface area contributed by atoms with Gasteiger partial charge >= 0.3 is 0 Å². The molecule has 0 amide bonds. The number of hydrogen-bond acceptors (Lipinski definition) is 7. The summed E-state index contributed by atoms with van der Waals surface area (Å²) in [5.74, 6) is 0.261. The maximum atomic E-state index is 10.1. The van der Waals surface area contributed by atoms with Crippen molar-refractivity contribution >= 4 is 51.0 Å². The van der Waals surface area contributed by atoms with Crippen molar-refractivity contribution in [2.75, 3.05) is 12.3 Å². The number of aromatic nitrogens is 3. The Bertz CT molecular complexity index is 696. The van der Waals surface area contributed by atoms with Crippen molar-refractivity contribution in [3.63, 3.8) is 0 Å². The Morgan fingerprint density at radius 3 is 2.71 bits per heavy atom. The maximum absolute atomic E-state index is 10.1. The Balaban J connectivity index is 2.18. The predicted octanol–water partition coefficient (Wildman–Crippen LogP) is -0.117. The predicted molar refractivity (Wildman–Crippen MR) is 82.7 cm³/mol. The van der Waals surface area contributed by atoms with Crippen LogP contribution in [0.4, 0.5) is 5.82 Å². The average Bonchev–Trinajstić information content (AvgIpc) is 2.88. The number of nitrogens with zero attached hydrogens (tertiary/aromatic N) is 3. The summed E-state index contributed by atoms with van der Waals surface area (Å²) in [5.41, 5.74) is 6.23. The van der Waals surface area contributed by atoms with Gasteiger partial charge in [0.05, 0.1) is 15.6 Å². The van der Waals surface area contributed by atoms with Gasteiger partial charge < -0.3 is 25.8 Å². The van der Waals surface area contributed by atoms with Crippen molar-refractivity contribution < 1.29 is 20.1 Å². The van der Waals surface area contributed by atoms with Crippen molar-refractivity contribution in [1.82, 2.24) is 14.5 Å². The lowest BCUT2D eigenvalue weighted by molar-refractivity contribution is -0.0507. The molecule has 0 unspecified atom stereocenters. The fraction of sp³-hybridized carbons (Fsp3) is 0.455. The molecule has 2 aromatic rings. The van der Waals surface area contributed by atoms with E-state index in [1.54, 1.807) is 0 Å². The van der Waals surface area contributed by atoms with E-state index in [1.165, 1.54) is 10.9 Å². The summed E-state index contributed by atoms with van der Waals surface area (Å²) >= 11 is 8.29. The van der Waals surface area contributed by atoms with Crippen LogP contribution in [-0.4, -0.2) is 54.8 Å². The molecule has 3 rings (SSSR count). The standard InChI is InChI=1S/C11H12ClIN4O4/c12-8-5(13)4-9(14)15-2-16-10(4)17(8)11-7(20)6(19)3(1-18)21-11/h2-3,6-7,11,18-20H,1H2,(H2,14,15,16)/t3-,6+,7+,11-/m1/s1. The van der Waals surface area contributed by atoms with E-state index in [9.17, 15) is 10.2 Å². The quantitative estimate of drug-likeness (QED) is 0.493. The molecule has 1 fully saturated rings. The molecule has 0 bridgehead atoms. The molecular formula is C11H12ClIN4O4. The Morgan fingerprint density at radius 1 is 1.38 bits per heavy atom. The highest BCUT2D eigenvalue weighted by Crippen LogP contribution is 2.39. The Kier molecular flexibility index (Phi) is 3.96. The van der Waals surface area contributed by atoms with E-state index < -0.39 is 31.1 Å². The third-order valence-corrected chi connectivity index (χ3v) is 5.21. The van der Waals surface area contributed by atoms with Gasteiger partial charge in [0.15, 0.2) is 6.23 Å². The lowest BCUT2D eigenvalue weighted by Crippen LogP contribution is -2.33. The molecule has 0 saturated carbocycles. The smallest absolute Gasteiger partial charge is 0.165 e. The molecule has 10 heteroatoms. The second kappa shape index (κ2) is 5.48. The second-order valence-electron chi connectivity index (χ2n) is 4.66. The summed E-state index contributed by atoms with van der Waals surface area (Å²) in [5, 5.41) is 30.0. The van der Waals surface area contributed by atoms with Gasteiger partial charge in [0, 0.05) is 0 Å². The van der Waals surface area contributed by atoms with Gasteiger partial charge in [0.1, 0.15) is 41.3 Å². The zero-order valence-corrected chi connectivity index (χ0v) is 13.4. The minimum Gasteiger partial charge on any atom is -0.394 e. The van der Waals surface area contributed by atoms with Crippen LogP contribution in [0.25, 0.3) is 11.0 Å². The first-order valence-electron chi connectivity index (χ1n) is 6.05. The van der Waals surface area contributed by atoms with E-state index in [2.05, 4.69) is 9.97 Å². The van der Waals surface area contributed by atoms with Gasteiger partial charge in [0.2, 0.25) is 0 Å². The Labute approximate surface area is 137 Å². The fourth-order valence-electron chi connectivity index (χ4n) is 2.41. The fourth-order valence-corrected chi connectivity index (χ4v) is 3.46. The lowest BCUT2D eigenvalue weighted by atomic mass is 10.1. The first kappa shape index (κ1) is 15.2. The molecule has 0 radical (unpaired) electrons. The topological polar surface area (TPSA) is 127 Å². The summed E-state index contributed by atoms with van der Waals surface area (Å²) in [6.07, 6.45) is -3.05. The molecule has 1 aliphatic rings. The van der Waals surface area contributed by atoms with Crippen LogP contribution in [0.15, 0.2) is 6.33 Å². The molecule has 1 saturated heterocycles. The summed E-state index contributed by atoms with van der Waals surface area (Å²) in [6.45, 7) is -0.417. The highest BCUT2D eigenvalue weighted by atomic mass is 127. The molecule has 8 nitrogen and oxygen atoms in total. The SMILES string of the molecule is Nc1ncnc2c1c(I)c(Cl)n2[C@@H]1O[C@H](CO)[C@H](O)[C@@H]1O. The normalized spacial score (nSPS) is 29.4. The Morgan fingerprint density at radius 2 is 2.10 bits per heavy atom. The molecule has 0 spiro atoms. The summed E-state index contributed by atoms with van der Waals surface area (Å²) in [6, 6.07) is 0. The van der Waals surface area contributed by atoms with Gasteiger partial charge in [0.25, 0.3) is 0 Å². The van der Waals surface area contributed by atoms with Crippen LogP contribution < -0.4 is 5.73 Å². The first-order chi connectivity index (χ1) is 9.97. The number of hydrogen-bond donors (Lipinski definition) is 4. The van der Waals surface area contributed by atoms with Crippen molar-refractivity contribution in [3.05, 3.63) is 15.1 Å². The molecule has 4 atom stereocenters. The number of aliphatic hydroxyl groups is 3. The van der Waals surface area contributed by atoms with Gasteiger partial charge in [-0.05, 0) is 22.6 Å². The zero-order chi connectivity index (χ0) is 15.3. The average molecular weight is 427 g/mol. The lowest BCUT2D eigenvalue weighted by Gasteiger charge is -2.18. The van der Waals surface area contributed by atoms with Gasteiger partial charge in [-0.1, -0.05) is 11.6 Å². The number of rotatable bonds is 2. The molecule has 5 N–H and O–H groups in total. The third kappa shape index (κ3) is 2.19. The number of halogens is 2. The van der Waals surface area contributed by atoms with Gasteiger partial charge in [-0.15, -0.1) is 0 Å². The molecular weight excluding hydrogens is 415 g/mol. The molecule has 3 heterocycles. The van der Waals surface area contributed by atoms with Crippen LogP contribution in [0.1, 0.15) is 6.23 Å². The number of ether oxygens (including phenoxy) is 1. The van der Waals surface area contributed by atoms with E-state index in [1.807, 2.05) is 22.6 Å². The molecule has 0 aliphatic carbocycles.